The highest BCUT2D eigenvalue weighted by Gasteiger charge is 2.39. The van der Waals surface area contributed by atoms with E-state index in [4.69, 9.17) is 21.1 Å². The van der Waals surface area contributed by atoms with Crippen LogP contribution in [0.25, 0.3) is 16.6 Å². The average molecular weight is 923 g/mol. The van der Waals surface area contributed by atoms with Gasteiger partial charge in [-0.05, 0) is 129 Å². The number of benzene rings is 3. The number of aromatic nitrogens is 2. The van der Waals surface area contributed by atoms with Gasteiger partial charge in [-0.2, -0.15) is 0 Å². The number of halogens is 1. The fourth-order valence-electron chi connectivity index (χ4n) is 10.5. The van der Waals surface area contributed by atoms with Crippen molar-refractivity contribution in [3.05, 3.63) is 117 Å². The Morgan fingerprint density at radius 1 is 0.985 bits per heavy atom. The van der Waals surface area contributed by atoms with Crippen LogP contribution >= 0.6 is 11.6 Å². The molecule has 3 N–H and O–H groups in total. The molecule has 0 atom stereocenters. The van der Waals surface area contributed by atoms with Crippen LogP contribution in [0.4, 0.5) is 17.1 Å². The lowest BCUT2D eigenvalue weighted by Crippen LogP contribution is -2.47. The summed E-state index contributed by atoms with van der Waals surface area (Å²) >= 11 is 6.30. The first-order chi connectivity index (χ1) is 31.5. The Bertz CT molecular complexity index is 2680. The van der Waals surface area contributed by atoms with Crippen LogP contribution in [-0.2, 0) is 14.8 Å². The number of para-hydroxylation sites is 1. The maximum atomic E-state index is 14.2. The minimum Gasteiger partial charge on any atom is -0.453 e. The van der Waals surface area contributed by atoms with E-state index in [0.29, 0.717) is 48.1 Å². The smallest absolute Gasteiger partial charge is 0.293 e. The van der Waals surface area contributed by atoms with E-state index in [-0.39, 0.29) is 23.1 Å². The number of allylic oxidation sites excluding steroid dienone is 1. The zero-order valence-electron chi connectivity index (χ0n) is 36.7. The zero-order valence-corrected chi connectivity index (χ0v) is 38.3. The molecule has 16 heteroatoms. The number of carbonyl (C=O) groups is 1. The van der Waals surface area contributed by atoms with E-state index in [1.807, 2.05) is 24.3 Å². The number of anilines is 2. The highest BCUT2D eigenvalue weighted by atomic mass is 35.5. The summed E-state index contributed by atoms with van der Waals surface area (Å²) in [6.45, 7) is 4.20. The Labute approximate surface area is 384 Å². The predicted octanol–water partition coefficient (Wildman–Crippen LogP) is 9.97. The topological polar surface area (TPSA) is 172 Å². The number of rotatable bonds is 14. The van der Waals surface area contributed by atoms with Crippen LogP contribution in [0.2, 0.25) is 5.02 Å². The van der Waals surface area contributed by atoms with Gasteiger partial charge in [-0.1, -0.05) is 48.2 Å². The number of hydrogen-bond donors (Lipinski definition) is 3. The predicted molar refractivity (Wildman–Crippen MR) is 253 cm³/mol. The van der Waals surface area contributed by atoms with E-state index in [9.17, 15) is 23.3 Å². The molecule has 0 bridgehead atoms. The first-order valence-electron chi connectivity index (χ1n) is 22.8. The average Bonchev–Trinajstić information content (AvgIpc) is 3.98. The molecule has 1 amide bonds. The number of nitrogens with one attached hydrogen (secondary N) is 3. The quantitative estimate of drug-likeness (QED) is 0.0715. The lowest BCUT2D eigenvalue weighted by Gasteiger charge is -2.41. The number of piperazine rings is 1. The number of aromatic amines is 1. The van der Waals surface area contributed by atoms with Gasteiger partial charge in [0, 0.05) is 69.1 Å². The van der Waals surface area contributed by atoms with E-state index in [2.05, 4.69) is 41.9 Å². The molecule has 14 nitrogen and oxygen atoms in total. The minimum absolute atomic E-state index is 0.0134. The highest BCUT2D eigenvalue weighted by molar-refractivity contribution is 7.90. The molecular weight excluding hydrogens is 866 g/mol. The van der Waals surface area contributed by atoms with Gasteiger partial charge in [0.05, 0.1) is 33.4 Å². The van der Waals surface area contributed by atoms with Gasteiger partial charge in [-0.3, -0.25) is 19.8 Å². The molecule has 2 aromatic heterocycles. The third-order valence-corrected chi connectivity index (χ3v) is 15.7. The monoisotopic (exact) mass is 921 g/mol. The Kier molecular flexibility index (Phi) is 13.2. The van der Waals surface area contributed by atoms with Gasteiger partial charge < -0.3 is 24.7 Å². The molecule has 3 heterocycles. The van der Waals surface area contributed by atoms with E-state index in [1.54, 1.807) is 31.6 Å². The third-order valence-electron chi connectivity index (χ3n) is 14.2. The van der Waals surface area contributed by atoms with Crippen molar-refractivity contribution in [3.63, 3.8) is 0 Å². The summed E-state index contributed by atoms with van der Waals surface area (Å²) in [4.78, 5) is 37.7. The molecular formula is C49H56ClN7O7S. The Balaban J connectivity index is 0.947. The minimum atomic E-state index is -4.58. The maximum Gasteiger partial charge on any atom is 0.293 e. The zero-order chi connectivity index (χ0) is 45.1. The lowest BCUT2D eigenvalue weighted by molar-refractivity contribution is -0.384. The van der Waals surface area contributed by atoms with Crippen molar-refractivity contribution in [2.45, 2.75) is 81.6 Å². The van der Waals surface area contributed by atoms with Crippen LogP contribution in [0.1, 0.15) is 86.6 Å². The van der Waals surface area contributed by atoms with Crippen molar-refractivity contribution in [1.29, 1.82) is 0 Å². The molecule has 342 valence electrons. The molecule has 1 saturated heterocycles. The number of amides is 1. The fourth-order valence-corrected chi connectivity index (χ4v) is 11.6. The number of pyridine rings is 1. The van der Waals surface area contributed by atoms with Crippen LogP contribution in [-0.4, -0.2) is 86.6 Å². The fraction of sp³-hybridized carbons (Fsp3) is 0.429. The number of ether oxygens (including phenoxy) is 2. The van der Waals surface area contributed by atoms with Gasteiger partial charge in [0.1, 0.15) is 17.1 Å². The molecule has 3 aliphatic carbocycles. The summed E-state index contributed by atoms with van der Waals surface area (Å²) in [7, 11) is -2.87. The van der Waals surface area contributed by atoms with Gasteiger partial charge >= 0.3 is 0 Å². The van der Waals surface area contributed by atoms with E-state index in [1.165, 1.54) is 67.0 Å². The summed E-state index contributed by atoms with van der Waals surface area (Å²) in [5, 5.41) is 16.9. The van der Waals surface area contributed by atoms with Gasteiger partial charge in [0.25, 0.3) is 21.6 Å². The molecule has 1 spiro atoms. The number of methoxy groups -OCH3 is 1. The standard InChI is InChI=1S/C49H56ClN7O7S/c1-63-38-13-7-33(8-14-38)30-52-43-16-15-40(28-45(43)57(59)60)65(61,62)54-48(58)42-5-4-6-44(46(42)64-39-27-35-18-22-51-47(35)53-31-39)56-25-23-55(24-26-56)32-36-29-49(19-2-3-20-49)21-17-41(36)34-9-11-37(50)12-10-34/h4-6,9-12,15-16,18,22,27-28,31,33,38,52H,2-3,7-8,13-14,17,19-21,23-26,29-30,32H2,1H3,(H,51,53)(H,54,58)/t33-,38-. The molecule has 65 heavy (non-hydrogen) atoms. The number of nitro groups is 1. The van der Waals surface area contributed by atoms with Crippen molar-refractivity contribution < 1.29 is 27.6 Å². The number of fused-ring (bicyclic) bond motifs is 1. The highest BCUT2D eigenvalue weighted by Crippen LogP contribution is 2.52. The number of carbonyl (C=O) groups excluding carboxylic acids is 1. The van der Waals surface area contributed by atoms with Crippen molar-refractivity contribution >= 4 is 61.2 Å². The third kappa shape index (κ3) is 10.0. The Hall–Kier alpha value is -5.48. The van der Waals surface area contributed by atoms with Crippen LogP contribution in [0, 0.1) is 21.4 Å². The Morgan fingerprint density at radius 2 is 1.75 bits per heavy atom. The second kappa shape index (κ2) is 19.2. The van der Waals surface area contributed by atoms with Gasteiger partial charge in [-0.15, -0.1) is 0 Å². The SMILES string of the molecule is CO[C@H]1CC[C@H](CNc2ccc(S(=O)(=O)NC(=O)c3cccc(N4CCN(CC5=C(c6ccc(Cl)cc6)CCC6(CCCC6)C5)CC4)c3Oc3cnc4[nH]ccc4c3)cc2[N+](=O)[O-])CC1. The van der Waals surface area contributed by atoms with Crippen LogP contribution in [0.3, 0.4) is 0 Å². The summed E-state index contributed by atoms with van der Waals surface area (Å²) in [6.07, 6.45) is 15.8. The van der Waals surface area contributed by atoms with Crippen LogP contribution in [0.15, 0.2) is 95.7 Å². The molecule has 9 rings (SSSR count). The van der Waals surface area contributed by atoms with Crippen molar-refractivity contribution in [2.24, 2.45) is 11.3 Å². The maximum absolute atomic E-state index is 14.2. The van der Waals surface area contributed by atoms with Crippen LogP contribution in [0.5, 0.6) is 11.5 Å². The number of sulfonamides is 1. The summed E-state index contributed by atoms with van der Waals surface area (Å²) < 4.78 is 42.0. The largest absolute Gasteiger partial charge is 0.453 e. The van der Waals surface area contributed by atoms with Gasteiger partial charge in [0.2, 0.25) is 0 Å². The molecule has 4 aliphatic rings. The van der Waals surface area contributed by atoms with Gasteiger partial charge in [-0.25, -0.2) is 18.1 Å². The first kappa shape index (κ1) is 44.7. The number of nitro benzene ring substituents is 1. The molecule has 1 aliphatic heterocycles. The number of hydrogen-bond acceptors (Lipinski definition) is 11. The molecule has 5 aromatic rings. The van der Waals surface area contributed by atoms with E-state index in [0.717, 1.165) is 74.6 Å². The number of nitrogens with zero attached hydrogens (tertiary/aromatic N) is 4. The lowest BCUT2D eigenvalue weighted by atomic mass is 9.69. The first-order valence-corrected chi connectivity index (χ1v) is 24.6. The molecule has 0 unspecified atom stereocenters. The van der Waals surface area contributed by atoms with Crippen LogP contribution < -0.4 is 19.7 Å². The van der Waals surface area contributed by atoms with Crippen molar-refractivity contribution in [2.75, 3.05) is 56.6 Å². The second-order valence-electron chi connectivity index (χ2n) is 18.2. The molecule has 2 saturated carbocycles. The summed E-state index contributed by atoms with van der Waals surface area (Å²) in [6, 6.07) is 20.7. The second-order valence-corrected chi connectivity index (χ2v) is 20.3. The van der Waals surface area contributed by atoms with Gasteiger partial charge in [0.15, 0.2) is 5.75 Å². The number of H-pyrrole nitrogens is 1. The van der Waals surface area contributed by atoms with E-state index < -0.39 is 31.4 Å². The van der Waals surface area contributed by atoms with E-state index >= 15 is 0 Å². The summed E-state index contributed by atoms with van der Waals surface area (Å²) in [5.41, 5.74) is 5.70. The Morgan fingerprint density at radius 3 is 2.49 bits per heavy atom. The molecule has 3 aromatic carbocycles. The molecule has 3 fully saturated rings. The molecule has 0 radical (unpaired) electrons. The van der Waals surface area contributed by atoms with Crippen molar-refractivity contribution in [1.82, 2.24) is 19.6 Å². The van der Waals surface area contributed by atoms with Crippen molar-refractivity contribution in [3.8, 4) is 11.5 Å². The summed E-state index contributed by atoms with van der Waals surface area (Å²) in [5.74, 6) is -0.0887. The normalized spacial score (nSPS) is 20.3.